The average molecular weight is 595 g/mol. The van der Waals surface area contributed by atoms with Gasteiger partial charge in [0.1, 0.15) is 16.4 Å². The van der Waals surface area contributed by atoms with E-state index in [1.165, 1.54) is 12.0 Å². The van der Waals surface area contributed by atoms with E-state index in [1.807, 2.05) is 6.92 Å². The summed E-state index contributed by atoms with van der Waals surface area (Å²) in [5.74, 6) is -1.22. The number of unbranched alkanes of at least 4 members (excludes halogenated alkanes) is 1. The van der Waals surface area contributed by atoms with Crippen LogP contribution in [-0.2, 0) is 14.3 Å². The van der Waals surface area contributed by atoms with Gasteiger partial charge in [-0.15, -0.1) is 0 Å². The number of carbonyl (C=O) groups is 3. The van der Waals surface area contributed by atoms with Gasteiger partial charge >= 0.3 is 11.9 Å². The Bertz CT molecular complexity index is 1500. The fourth-order valence-electron chi connectivity index (χ4n) is 4.54. The van der Waals surface area contributed by atoms with Gasteiger partial charge in [0.25, 0.3) is 5.78 Å². The molecule has 1 aromatic heterocycles. The van der Waals surface area contributed by atoms with Crippen molar-refractivity contribution in [1.82, 2.24) is 4.98 Å². The van der Waals surface area contributed by atoms with Crippen LogP contribution in [0, 0.1) is 6.92 Å². The molecule has 3 aromatic rings. The molecular weight excluding hydrogens is 560 g/mol. The molecule has 0 aliphatic carbocycles. The highest BCUT2D eigenvalue weighted by molar-refractivity contribution is 7.17. The molecule has 1 amide bonds. The predicted molar refractivity (Wildman–Crippen MR) is 159 cm³/mol. The first kappa shape index (κ1) is 30.6. The number of methoxy groups -OCH3 is 1. The van der Waals surface area contributed by atoms with Crippen LogP contribution in [0.25, 0.3) is 5.76 Å². The molecule has 4 rings (SSSR count). The van der Waals surface area contributed by atoms with Crippen molar-refractivity contribution in [2.24, 2.45) is 0 Å². The summed E-state index contributed by atoms with van der Waals surface area (Å²) in [6.45, 7) is 8.37. The van der Waals surface area contributed by atoms with Crippen molar-refractivity contribution in [3.63, 3.8) is 0 Å². The predicted octanol–water partition coefficient (Wildman–Crippen LogP) is 5.84. The number of rotatable bonds is 12. The van der Waals surface area contributed by atoms with Gasteiger partial charge in [-0.3, -0.25) is 14.5 Å². The van der Waals surface area contributed by atoms with Gasteiger partial charge in [-0.25, -0.2) is 9.78 Å². The molecule has 1 aliphatic rings. The number of amides is 1. The number of hydrogen-bond acceptors (Lipinski definition) is 10. The Morgan fingerprint density at radius 2 is 1.76 bits per heavy atom. The van der Waals surface area contributed by atoms with E-state index in [2.05, 4.69) is 11.9 Å². The molecule has 10 nitrogen and oxygen atoms in total. The molecule has 0 radical (unpaired) electrons. The Hall–Kier alpha value is -4.38. The molecule has 0 saturated carbocycles. The lowest BCUT2D eigenvalue weighted by atomic mass is 9.95. The second kappa shape index (κ2) is 13.5. The summed E-state index contributed by atoms with van der Waals surface area (Å²) in [5, 5.41) is 11.6. The SMILES string of the molecule is CCCCOc1ccc(/C(O)=C2\C(=O)C(=O)N(c3nc(C)c(C(=O)OCC)s3)C2c2ccc(OCC)c(OC)c2)cc1. The molecular formula is C31H34N2O8S. The van der Waals surface area contributed by atoms with Crippen LogP contribution in [0.3, 0.4) is 0 Å². The van der Waals surface area contributed by atoms with Gasteiger partial charge in [0, 0.05) is 5.56 Å². The number of aliphatic hydroxyl groups is 1. The molecule has 0 spiro atoms. The van der Waals surface area contributed by atoms with E-state index in [0.717, 1.165) is 24.2 Å². The summed E-state index contributed by atoms with van der Waals surface area (Å²) in [5.41, 5.74) is 1.04. The maximum Gasteiger partial charge on any atom is 0.350 e. The first-order valence-electron chi connectivity index (χ1n) is 13.7. The smallest absolute Gasteiger partial charge is 0.350 e. The number of aliphatic hydroxyl groups excluding tert-OH is 1. The second-order valence-corrected chi connectivity index (χ2v) is 10.3. The Balaban J connectivity index is 1.86. The molecule has 42 heavy (non-hydrogen) atoms. The standard InChI is InChI=1S/C31H34N2O8S/c1-6-9-16-41-21-13-10-19(11-14-21)26(34)24-25(20-12-15-22(39-7-2)23(17-20)38-5)33(29(36)27(24)35)31-32-18(4)28(42-31)30(37)40-8-3/h10-15,17,25,34H,6-9,16H2,1-5H3/b26-24+. The van der Waals surface area contributed by atoms with Crippen LogP contribution in [-0.4, -0.2) is 54.7 Å². The molecule has 1 unspecified atom stereocenters. The number of esters is 1. The minimum atomic E-state index is -1.07. The number of thiazole rings is 1. The Labute approximate surface area is 248 Å². The Kier molecular flexibility index (Phi) is 9.84. The quantitative estimate of drug-likeness (QED) is 0.0905. The van der Waals surface area contributed by atoms with Crippen molar-refractivity contribution in [3.8, 4) is 17.2 Å². The minimum Gasteiger partial charge on any atom is -0.507 e. The molecule has 2 aromatic carbocycles. The van der Waals surface area contributed by atoms with Crippen molar-refractivity contribution < 1.29 is 38.4 Å². The van der Waals surface area contributed by atoms with E-state index in [9.17, 15) is 19.5 Å². The van der Waals surface area contributed by atoms with E-state index in [4.69, 9.17) is 18.9 Å². The number of aryl methyl sites for hydroxylation is 1. The number of carbonyl (C=O) groups excluding carboxylic acids is 3. The zero-order valence-corrected chi connectivity index (χ0v) is 25.1. The van der Waals surface area contributed by atoms with Crippen LogP contribution in [0.15, 0.2) is 48.0 Å². The summed E-state index contributed by atoms with van der Waals surface area (Å²) in [6, 6.07) is 10.6. The van der Waals surface area contributed by atoms with Crippen molar-refractivity contribution in [3.05, 3.63) is 69.7 Å². The van der Waals surface area contributed by atoms with E-state index >= 15 is 0 Å². The van der Waals surface area contributed by atoms with Gasteiger partial charge in [0.05, 0.1) is 44.2 Å². The topological polar surface area (TPSA) is 124 Å². The lowest BCUT2D eigenvalue weighted by Crippen LogP contribution is -2.29. The van der Waals surface area contributed by atoms with Crippen molar-refractivity contribution in [2.45, 2.75) is 46.6 Å². The van der Waals surface area contributed by atoms with Crippen LogP contribution >= 0.6 is 11.3 Å². The summed E-state index contributed by atoms with van der Waals surface area (Å²) in [4.78, 5) is 45.6. The third-order valence-electron chi connectivity index (χ3n) is 6.59. The van der Waals surface area contributed by atoms with Gasteiger partial charge in [-0.05, 0) is 69.2 Å². The van der Waals surface area contributed by atoms with E-state index in [1.54, 1.807) is 56.3 Å². The number of Topliss-reactive ketones (excluding diaryl/α,β-unsaturated/α-hetero) is 1. The number of benzene rings is 2. The number of hydrogen-bond donors (Lipinski definition) is 1. The average Bonchev–Trinajstić information content (AvgIpc) is 3.50. The number of anilines is 1. The first-order valence-corrected chi connectivity index (χ1v) is 14.6. The van der Waals surface area contributed by atoms with Gasteiger partial charge in [0.15, 0.2) is 16.6 Å². The van der Waals surface area contributed by atoms with Crippen LogP contribution in [0.5, 0.6) is 17.2 Å². The van der Waals surface area contributed by atoms with Crippen molar-refractivity contribution in [2.75, 3.05) is 31.8 Å². The van der Waals surface area contributed by atoms with Crippen molar-refractivity contribution in [1.29, 1.82) is 0 Å². The van der Waals surface area contributed by atoms with Crippen LogP contribution in [0.2, 0.25) is 0 Å². The zero-order chi connectivity index (χ0) is 30.4. The summed E-state index contributed by atoms with van der Waals surface area (Å²) in [6.07, 6.45) is 1.90. The number of ether oxygens (including phenoxy) is 4. The second-order valence-electron chi connectivity index (χ2n) is 9.37. The highest BCUT2D eigenvalue weighted by Gasteiger charge is 2.48. The molecule has 0 bridgehead atoms. The number of ketones is 1. The summed E-state index contributed by atoms with van der Waals surface area (Å²) in [7, 11) is 1.48. The maximum absolute atomic E-state index is 13.6. The highest BCUT2D eigenvalue weighted by atomic mass is 32.1. The molecule has 222 valence electrons. The largest absolute Gasteiger partial charge is 0.507 e. The fraction of sp³-hybridized carbons (Fsp3) is 0.355. The van der Waals surface area contributed by atoms with Gasteiger partial charge < -0.3 is 24.1 Å². The zero-order valence-electron chi connectivity index (χ0n) is 24.3. The minimum absolute atomic E-state index is 0.120. The first-order chi connectivity index (χ1) is 20.2. The van der Waals surface area contributed by atoms with Crippen molar-refractivity contribution >= 4 is 39.9 Å². The van der Waals surface area contributed by atoms with E-state index in [-0.39, 0.29) is 27.9 Å². The van der Waals surface area contributed by atoms with Crippen LogP contribution < -0.4 is 19.1 Å². The third kappa shape index (κ3) is 6.11. The highest BCUT2D eigenvalue weighted by Crippen LogP contribution is 2.45. The normalized spacial score (nSPS) is 16.0. The van der Waals surface area contributed by atoms with Gasteiger partial charge in [-0.1, -0.05) is 30.7 Å². The number of nitrogens with zero attached hydrogens (tertiary/aromatic N) is 2. The monoisotopic (exact) mass is 594 g/mol. The summed E-state index contributed by atoms with van der Waals surface area (Å²) < 4.78 is 22.0. The van der Waals surface area contributed by atoms with Gasteiger partial charge in [0.2, 0.25) is 0 Å². The molecule has 1 saturated heterocycles. The molecule has 1 aliphatic heterocycles. The third-order valence-corrected chi connectivity index (χ3v) is 7.73. The Morgan fingerprint density at radius 3 is 2.40 bits per heavy atom. The Morgan fingerprint density at radius 1 is 1.02 bits per heavy atom. The molecule has 11 heteroatoms. The lowest BCUT2D eigenvalue weighted by Gasteiger charge is -2.24. The summed E-state index contributed by atoms with van der Waals surface area (Å²) >= 11 is 0.942. The van der Waals surface area contributed by atoms with Gasteiger partial charge in [-0.2, -0.15) is 0 Å². The van der Waals surface area contributed by atoms with Crippen LogP contribution in [0.1, 0.15) is 66.1 Å². The lowest BCUT2D eigenvalue weighted by molar-refractivity contribution is -0.132. The molecule has 1 atom stereocenters. The number of aromatic nitrogens is 1. The maximum atomic E-state index is 13.6. The molecule has 1 fully saturated rings. The molecule has 1 N–H and O–H groups in total. The van der Waals surface area contributed by atoms with Crippen LogP contribution in [0.4, 0.5) is 5.13 Å². The van der Waals surface area contributed by atoms with E-state index in [0.29, 0.717) is 47.3 Å². The fourth-order valence-corrected chi connectivity index (χ4v) is 5.53. The molecule has 2 heterocycles. The van der Waals surface area contributed by atoms with E-state index < -0.39 is 23.7 Å².